The zero-order valence-corrected chi connectivity index (χ0v) is 14.5. The van der Waals surface area contributed by atoms with E-state index in [0.29, 0.717) is 12.6 Å². The van der Waals surface area contributed by atoms with E-state index in [1.807, 2.05) is 29.0 Å². The number of nitrogens with zero attached hydrogens (tertiary/aromatic N) is 2. The Kier molecular flexibility index (Phi) is 4.84. The molecule has 0 spiro atoms. The van der Waals surface area contributed by atoms with Crippen molar-refractivity contribution in [2.24, 2.45) is 0 Å². The van der Waals surface area contributed by atoms with Crippen molar-refractivity contribution in [3.8, 4) is 0 Å². The van der Waals surface area contributed by atoms with Gasteiger partial charge in [-0.05, 0) is 50.2 Å². The van der Waals surface area contributed by atoms with Gasteiger partial charge in [0.1, 0.15) is 6.54 Å². The van der Waals surface area contributed by atoms with Gasteiger partial charge in [0, 0.05) is 34.2 Å². The molecule has 1 fully saturated rings. The summed E-state index contributed by atoms with van der Waals surface area (Å²) in [6, 6.07) is 8.67. The number of amides is 1. The van der Waals surface area contributed by atoms with Gasteiger partial charge in [-0.1, -0.05) is 22.9 Å². The van der Waals surface area contributed by atoms with Crippen LogP contribution in [0.5, 0.6) is 0 Å². The van der Waals surface area contributed by atoms with E-state index in [9.17, 15) is 4.79 Å². The van der Waals surface area contributed by atoms with Crippen molar-refractivity contribution in [3.05, 3.63) is 34.9 Å². The van der Waals surface area contributed by atoms with E-state index in [2.05, 4.69) is 39.1 Å². The second-order valence-electron chi connectivity index (χ2n) is 5.88. The highest BCUT2D eigenvalue weighted by Crippen LogP contribution is 2.21. The van der Waals surface area contributed by atoms with Gasteiger partial charge in [0.2, 0.25) is 5.91 Å². The molecule has 0 aliphatic carbocycles. The highest BCUT2D eigenvalue weighted by molar-refractivity contribution is 9.10. The molecule has 2 heterocycles. The van der Waals surface area contributed by atoms with E-state index in [1.165, 1.54) is 12.8 Å². The van der Waals surface area contributed by atoms with Crippen LogP contribution in [-0.2, 0) is 11.3 Å². The lowest BCUT2D eigenvalue weighted by Crippen LogP contribution is -2.40. The Morgan fingerprint density at radius 3 is 3.09 bits per heavy atom. The number of carbonyl (C=O) groups excluding carboxylic acids is 1. The fourth-order valence-corrected chi connectivity index (χ4v) is 3.67. The number of halogens is 1. The maximum atomic E-state index is 12.2. The number of aromatic nitrogens is 1. The van der Waals surface area contributed by atoms with Crippen LogP contribution in [0.25, 0.3) is 10.9 Å². The number of fused-ring (bicyclic) bond motifs is 1. The van der Waals surface area contributed by atoms with Crippen molar-refractivity contribution >= 4 is 32.7 Å². The third-order valence-corrected chi connectivity index (χ3v) is 4.98. The highest BCUT2D eigenvalue weighted by atomic mass is 79.9. The molecular formula is C17H22BrN3O. The van der Waals surface area contributed by atoms with Crippen molar-refractivity contribution in [2.45, 2.75) is 32.4 Å². The van der Waals surface area contributed by atoms with Crippen molar-refractivity contribution in [1.29, 1.82) is 0 Å². The monoisotopic (exact) mass is 363 g/mol. The number of likely N-dealkylation sites (tertiary alicyclic amines) is 1. The quantitative estimate of drug-likeness (QED) is 0.886. The third kappa shape index (κ3) is 3.36. The number of hydrogen-bond donors (Lipinski definition) is 1. The minimum Gasteiger partial charge on any atom is -0.353 e. The molecule has 0 saturated carbocycles. The lowest BCUT2D eigenvalue weighted by Gasteiger charge is -2.22. The molecule has 1 aliphatic rings. The zero-order chi connectivity index (χ0) is 15.5. The predicted octanol–water partition coefficient (Wildman–Crippen LogP) is 3.00. The first-order valence-electron chi connectivity index (χ1n) is 7.92. The van der Waals surface area contributed by atoms with Gasteiger partial charge in [0.05, 0.1) is 0 Å². The summed E-state index contributed by atoms with van der Waals surface area (Å²) < 4.78 is 3.06. The molecule has 2 aromatic rings. The average molecular weight is 364 g/mol. The molecule has 1 saturated heterocycles. The Morgan fingerprint density at radius 1 is 1.41 bits per heavy atom. The van der Waals surface area contributed by atoms with Gasteiger partial charge in [-0.2, -0.15) is 0 Å². The van der Waals surface area contributed by atoms with Gasteiger partial charge in [0.15, 0.2) is 0 Å². The average Bonchev–Trinajstić information content (AvgIpc) is 3.11. The minimum absolute atomic E-state index is 0.0865. The van der Waals surface area contributed by atoms with Gasteiger partial charge in [0.25, 0.3) is 0 Å². The molecule has 3 rings (SSSR count). The van der Waals surface area contributed by atoms with Crippen LogP contribution < -0.4 is 5.32 Å². The topological polar surface area (TPSA) is 37.3 Å². The number of likely N-dealkylation sites (N-methyl/N-ethyl adjacent to an activating group) is 1. The second kappa shape index (κ2) is 6.84. The van der Waals surface area contributed by atoms with Crippen molar-refractivity contribution < 1.29 is 4.79 Å². The van der Waals surface area contributed by atoms with Crippen molar-refractivity contribution in [2.75, 3.05) is 19.6 Å². The van der Waals surface area contributed by atoms with E-state index >= 15 is 0 Å². The van der Waals surface area contributed by atoms with Crippen molar-refractivity contribution in [1.82, 2.24) is 14.8 Å². The Morgan fingerprint density at radius 2 is 2.27 bits per heavy atom. The van der Waals surface area contributed by atoms with Crippen molar-refractivity contribution in [3.63, 3.8) is 0 Å². The summed E-state index contributed by atoms with van der Waals surface area (Å²) in [5, 5.41) is 4.24. The molecule has 1 N–H and O–H groups in total. The summed E-state index contributed by atoms with van der Waals surface area (Å²) in [6.45, 7) is 5.55. The fourth-order valence-electron chi connectivity index (χ4n) is 3.29. The lowest BCUT2D eigenvalue weighted by atomic mass is 10.2. The molecule has 1 unspecified atom stereocenters. The van der Waals surface area contributed by atoms with E-state index in [4.69, 9.17) is 0 Å². The van der Waals surface area contributed by atoms with Crippen LogP contribution in [0.4, 0.5) is 0 Å². The number of benzene rings is 1. The van der Waals surface area contributed by atoms with E-state index in [-0.39, 0.29) is 5.91 Å². The smallest absolute Gasteiger partial charge is 0.239 e. The molecule has 0 bridgehead atoms. The summed E-state index contributed by atoms with van der Waals surface area (Å²) >= 11 is 3.47. The Labute approximate surface area is 139 Å². The lowest BCUT2D eigenvalue weighted by molar-refractivity contribution is -0.121. The van der Waals surface area contributed by atoms with Crippen LogP contribution in [0.3, 0.4) is 0 Å². The summed E-state index contributed by atoms with van der Waals surface area (Å²) in [4.78, 5) is 14.7. The largest absolute Gasteiger partial charge is 0.353 e. The predicted molar refractivity (Wildman–Crippen MR) is 92.9 cm³/mol. The maximum Gasteiger partial charge on any atom is 0.239 e. The molecule has 1 aromatic carbocycles. The summed E-state index contributed by atoms with van der Waals surface area (Å²) in [6.07, 6.45) is 4.41. The molecule has 1 aliphatic heterocycles. The molecule has 0 radical (unpaired) electrons. The van der Waals surface area contributed by atoms with Crippen LogP contribution in [0.15, 0.2) is 34.9 Å². The molecule has 4 nitrogen and oxygen atoms in total. The number of hydrogen-bond acceptors (Lipinski definition) is 2. The molecule has 5 heteroatoms. The second-order valence-corrected chi connectivity index (χ2v) is 6.79. The standard InChI is InChI=1S/C17H22BrN3O/c1-2-20-8-3-4-15(20)11-19-17(22)12-21-9-7-13-10-14(18)5-6-16(13)21/h5-7,9-10,15H,2-4,8,11-12H2,1H3,(H,19,22). The summed E-state index contributed by atoms with van der Waals surface area (Å²) in [5.74, 6) is 0.0865. The molecule has 1 amide bonds. The summed E-state index contributed by atoms with van der Waals surface area (Å²) in [7, 11) is 0. The van der Waals surface area contributed by atoms with Crippen LogP contribution in [0, 0.1) is 0 Å². The minimum atomic E-state index is 0.0865. The molecule has 1 aromatic heterocycles. The molecule has 118 valence electrons. The van der Waals surface area contributed by atoms with E-state index < -0.39 is 0 Å². The SMILES string of the molecule is CCN1CCCC1CNC(=O)Cn1ccc2cc(Br)ccc21. The Balaban J connectivity index is 1.59. The van der Waals surface area contributed by atoms with Crippen LogP contribution >= 0.6 is 15.9 Å². The van der Waals surface area contributed by atoms with Gasteiger partial charge in [-0.3, -0.25) is 9.69 Å². The normalized spacial score (nSPS) is 18.9. The Bertz CT molecular complexity index is 667. The molecule has 1 atom stereocenters. The Hall–Kier alpha value is -1.33. The first kappa shape index (κ1) is 15.6. The van der Waals surface area contributed by atoms with Gasteiger partial charge >= 0.3 is 0 Å². The maximum absolute atomic E-state index is 12.2. The van der Waals surface area contributed by atoms with Crippen LogP contribution in [0.1, 0.15) is 19.8 Å². The van der Waals surface area contributed by atoms with Crippen LogP contribution in [-0.4, -0.2) is 41.1 Å². The molecule has 22 heavy (non-hydrogen) atoms. The number of nitrogens with one attached hydrogen (secondary N) is 1. The number of carbonyl (C=O) groups is 1. The van der Waals surface area contributed by atoms with E-state index in [0.717, 1.165) is 35.0 Å². The zero-order valence-electron chi connectivity index (χ0n) is 12.9. The summed E-state index contributed by atoms with van der Waals surface area (Å²) in [5.41, 5.74) is 1.09. The fraction of sp³-hybridized carbons (Fsp3) is 0.471. The molecular weight excluding hydrogens is 342 g/mol. The van der Waals surface area contributed by atoms with Gasteiger partial charge < -0.3 is 9.88 Å². The number of rotatable bonds is 5. The van der Waals surface area contributed by atoms with E-state index in [1.54, 1.807) is 0 Å². The highest BCUT2D eigenvalue weighted by Gasteiger charge is 2.23. The van der Waals surface area contributed by atoms with Gasteiger partial charge in [-0.15, -0.1) is 0 Å². The van der Waals surface area contributed by atoms with Crippen LogP contribution in [0.2, 0.25) is 0 Å². The first-order valence-corrected chi connectivity index (χ1v) is 8.72. The first-order chi connectivity index (χ1) is 10.7. The third-order valence-electron chi connectivity index (χ3n) is 4.49. The van der Waals surface area contributed by atoms with Gasteiger partial charge in [-0.25, -0.2) is 0 Å².